The maximum absolute atomic E-state index is 14.1. The predicted octanol–water partition coefficient (Wildman–Crippen LogP) is 6.87. The maximum Gasteiger partial charge on any atom is 0.419 e. The third kappa shape index (κ3) is 4.89. The van der Waals surface area contributed by atoms with Crippen molar-refractivity contribution in [3.05, 3.63) is 47.6 Å². The number of carbonyl (C=O) groups is 1. The Morgan fingerprint density at radius 1 is 1.20 bits per heavy atom. The number of nitrogens with one attached hydrogen (secondary N) is 2. The molecule has 0 radical (unpaired) electrons. The first-order valence-corrected chi connectivity index (χ1v) is 13.6. The van der Waals surface area contributed by atoms with Crippen LogP contribution in [0.15, 0.2) is 35.1 Å². The molecular weight excluding hydrogens is 537 g/mol. The van der Waals surface area contributed by atoms with E-state index in [0.29, 0.717) is 28.6 Å². The Morgan fingerprint density at radius 2 is 1.98 bits per heavy atom. The van der Waals surface area contributed by atoms with Crippen LogP contribution in [0.4, 0.5) is 23.9 Å². The summed E-state index contributed by atoms with van der Waals surface area (Å²) in [5.74, 6) is 0.738. The lowest BCUT2D eigenvalue weighted by Crippen LogP contribution is -2.42. The monoisotopic (exact) mass is 568 g/mol. The zero-order valence-electron chi connectivity index (χ0n) is 23.4. The van der Waals surface area contributed by atoms with Gasteiger partial charge in [-0.15, -0.1) is 0 Å². The van der Waals surface area contributed by atoms with Crippen molar-refractivity contribution in [1.82, 2.24) is 25.0 Å². The molecule has 0 saturated carbocycles. The van der Waals surface area contributed by atoms with Crippen molar-refractivity contribution in [1.29, 1.82) is 0 Å². The molecule has 12 heteroatoms. The van der Waals surface area contributed by atoms with E-state index in [0.717, 1.165) is 35.9 Å². The van der Waals surface area contributed by atoms with Crippen LogP contribution in [0.3, 0.4) is 0 Å². The fourth-order valence-electron chi connectivity index (χ4n) is 6.15. The van der Waals surface area contributed by atoms with Crippen molar-refractivity contribution in [2.24, 2.45) is 0 Å². The van der Waals surface area contributed by atoms with Crippen LogP contribution in [-0.2, 0) is 10.9 Å². The number of alkyl halides is 3. The number of carbonyl (C=O) groups excluding carboxylic acids is 1. The third-order valence-electron chi connectivity index (χ3n) is 7.81. The Labute approximate surface area is 234 Å². The highest BCUT2D eigenvalue weighted by Crippen LogP contribution is 2.42. The summed E-state index contributed by atoms with van der Waals surface area (Å²) in [6.45, 7) is 9.10. The number of H-pyrrole nitrogens is 1. The normalized spacial score (nSPS) is 20.7. The highest BCUT2D eigenvalue weighted by molar-refractivity contribution is 5.97. The van der Waals surface area contributed by atoms with Crippen LogP contribution >= 0.6 is 0 Å². The number of anilines is 1. The fraction of sp³-hybridized carbons (Fsp3) is 0.448. The quantitative estimate of drug-likeness (QED) is 0.277. The van der Waals surface area contributed by atoms with Gasteiger partial charge in [-0.3, -0.25) is 0 Å². The molecule has 2 fully saturated rings. The minimum absolute atomic E-state index is 0.00165. The van der Waals surface area contributed by atoms with Crippen LogP contribution in [0.1, 0.15) is 57.1 Å². The predicted molar refractivity (Wildman–Crippen MR) is 146 cm³/mol. The van der Waals surface area contributed by atoms with Gasteiger partial charge in [0.15, 0.2) is 0 Å². The summed E-state index contributed by atoms with van der Waals surface area (Å²) in [5.41, 5.74) is 1.60. The van der Waals surface area contributed by atoms with Gasteiger partial charge < -0.3 is 24.5 Å². The summed E-state index contributed by atoms with van der Waals surface area (Å²) in [6.07, 6.45) is -0.420. The molecule has 2 aliphatic heterocycles. The topological polar surface area (TPSA) is 109 Å². The van der Waals surface area contributed by atoms with E-state index in [1.807, 2.05) is 46.8 Å². The van der Waals surface area contributed by atoms with E-state index < -0.39 is 17.3 Å². The molecule has 2 bridgehead atoms. The van der Waals surface area contributed by atoms with Crippen molar-refractivity contribution in [2.75, 3.05) is 5.32 Å². The smallest absolute Gasteiger partial charge is 0.419 e. The number of aryl methyl sites for hydroxylation is 2. The van der Waals surface area contributed by atoms with Gasteiger partial charge in [0.2, 0.25) is 5.95 Å². The van der Waals surface area contributed by atoms with Gasteiger partial charge in [0.1, 0.15) is 16.9 Å². The summed E-state index contributed by atoms with van der Waals surface area (Å²) in [7, 11) is 0. The molecule has 0 spiro atoms. The minimum atomic E-state index is -4.66. The van der Waals surface area contributed by atoms with Crippen LogP contribution in [-0.4, -0.2) is 54.8 Å². The summed E-state index contributed by atoms with van der Waals surface area (Å²) in [4.78, 5) is 26.1. The lowest BCUT2D eigenvalue weighted by atomic mass is 9.96. The number of halogens is 3. The molecule has 3 atom stereocenters. The summed E-state index contributed by atoms with van der Waals surface area (Å²) in [6, 6.07) is 5.11. The molecule has 5 heterocycles. The molecule has 1 amide bonds. The molecule has 0 aliphatic carbocycles. The molecule has 41 heavy (non-hydrogen) atoms. The first kappa shape index (κ1) is 27.1. The molecule has 4 aromatic rings. The molecule has 1 unspecified atom stereocenters. The number of aromatic nitrogens is 4. The van der Waals surface area contributed by atoms with Crippen LogP contribution in [0.25, 0.3) is 33.3 Å². The number of nitrogens with zero attached hydrogens (tertiary/aromatic N) is 4. The number of ether oxygens (including phenoxy) is 1. The van der Waals surface area contributed by atoms with Crippen LogP contribution in [0.2, 0.25) is 0 Å². The minimum Gasteiger partial charge on any atom is -0.444 e. The number of hydrogen-bond donors (Lipinski definition) is 2. The van der Waals surface area contributed by atoms with E-state index in [1.54, 1.807) is 11.0 Å². The number of benzene rings is 1. The average molecular weight is 569 g/mol. The van der Waals surface area contributed by atoms with E-state index in [1.165, 1.54) is 6.20 Å². The lowest BCUT2D eigenvalue weighted by molar-refractivity contribution is -0.137. The van der Waals surface area contributed by atoms with Gasteiger partial charge >= 0.3 is 12.3 Å². The fourth-order valence-corrected chi connectivity index (χ4v) is 6.15. The van der Waals surface area contributed by atoms with Crippen LogP contribution in [0.5, 0.6) is 0 Å². The molecular formula is C29H31F3N6O3. The van der Waals surface area contributed by atoms with Crippen molar-refractivity contribution >= 4 is 22.9 Å². The number of hydrogen-bond acceptors (Lipinski definition) is 7. The van der Waals surface area contributed by atoms with Gasteiger partial charge in [-0.1, -0.05) is 17.3 Å². The van der Waals surface area contributed by atoms with Gasteiger partial charge in [0, 0.05) is 40.5 Å². The first-order valence-electron chi connectivity index (χ1n) is 13.6. The molecule has 3 aromatic heterocycles. The lowest BCUT2D eigenvalue weighted by Gasteiger charge is -2.28. The van der Waals surface area contributed by atoms with Crippen molar-refractivity contribution in [3.63, 3.8) is 0 Å². The highest BCUT2D eigenvalue weighted by atomic mass is 19.4. The second-order valence-corrected chi connectivity index (χ2v) is 11.8. The van der Waals surface area contributed by atoms with Gasteiger partial charge in [-0.05, 0) is 65.5 Å². The van der Waals surface area contributed by atoms with E-state index >= 15 is 0 Å². The highest BCUT2D eigenvalue weighted by Gasteiger charge is 2.50. The maximum atomic E-state index is 14.1. The van der Waals surface area contributed by atoms with E-state index in [9.17, 15) is 18.0 Å². The number of rotatable bonds is 4. The summed E-state index contributed by atoms with van der Waals surface area (Å²) < 4.78 is 53.3. The van der Waals surface area contributed by atoms with Crippen LogP contribution in [0, 0.1) is 13.8 Å². The zero-order valence-corrected chi connectivity index (χ0v) is 23.4. The molecule has 2 saturated heterocycles. The van der Waals surface area contributed by atoms with Crippen molar-refractivity contribution in [3.8, 4) is 22.4 Å². The van der Waals surface area contributed by atoms with Gasteiger partial charge in [0.05, 0.1) is 23.5 Å². The molecule has 6 rings (SSSR count). The van der Waals surface area contributed by atoms with Crippen molar-refractivity contribution in [2.45, 2.75) is 83.8 Å². The van der Waals surface area contributed by atoms with Gasteiger partial charge in [-0.2, -0.15) is 13.2 Å². The standard InChI is InChI=1S/C29H31F3N6O3/c1-14-24(15(2)41-37-14)16-6-8-18-19(12-33-21(18)10-16)25-20(29(30,31)32)13-34-26(36-25)35-22-11-17-7-9-23(22)38(17)27(39)40-28(3,4)5/h6,8,10,12-13,17,22-23,33H,7,9,11H2,1-5H3,(H,34,35,36)/t17-,22?,23+/m0/s1. The second kappa shape index (κ2) is 9.49. The third-order valence-corrected chi connectivity index (χ3v) is 7.81. The van der Waals surface area contributed by atoms with Gasteiger partial charge in [0.25, 0.3) is 0 Å². The summed E-state index contributed by atoms with van der Waals surface area (Å²) in [5, 5.41) is 7.81. The average Bonchev–Trinajstić information content (AvgIpc) is 3.64. The SMILES string of the molecule is Cc1noc(C)c1-c1ccc2c(-c3nc(NC4C[C@@H]5CC[C@H]4N5C(=O)OC(C)(C)C)ncc3C(F)(F)F)c[nH]c2c1. The zero-order chi connectivity index (χ0) is 29.3. The molecule has 9 nitrogen and oxygen atoms in total. The Kier molecular flexibility index (Phi) is 6.27. The Bertz CT molecular complexity index is 1620. The number of fused-ring (bicyclic) bond motifs is 3. The molecule has 2 N–H and O–H groups in total. The Balaban J connectivity index is 1.32. The van der Waals surface area contributed by atoms with Crippen LogP contribution < -0.4 is 5.32 Å². The largest absolute Gasteiger partial charge is 0.444 e. The Hall–Kier alpha value is -4.09. The van der Waals surface area contributed by atoms with E-state index in [-0.39, 0.29) is 35.9 Å². The van der Waals surface area contributed by atoms with Gasteiger partial charge in [-0.25, -0.2) is 14.8 Å². The first-order chi connectivity index (χ1) is 19.3. The van der Waals surface area contributed by atoms with E-state index in [4.69, 9.17) is 9.26 Å². The molecule has 1 aromatic carbocycles. The molecule has 2 aliphatic rings. The molecule has 216 valence electrons. The Morgan fingerprint density at radius 3 is 2.66 bits per heavy atom. The van der Waals surface area contributed by atoms with Crippen molar-refractivity contribution < 1.29 is 27.2 Å². The second-order valence-electron chi connectivity index (χ2n) is 11.8. The summed E-state index contributed by atoms with van der Waals surface area (Å²) >= 11 is 0. The number of aromatic amines is 1. The van der Waals surface area contributed by atoms with E-state index in [2.05, 4.69) is 25.4 Å². The number of amides is 1.